The van der Waals surface area contributed by atoms with Gasteiger partial charge in [0.05, 0.1) is 5.56 Å². The number of rotatable bonds is 9. The number of nitrogens with one attached hydrogen (secondary N) is 3. The molecule has 206 valence electrons. The van der Waals surface area contributed by atoms with Crippen LogP contribution in [0, 0.1) is 24.2 Å². The molecule has 6 nitrogen and oxygen atoms in total. The standard InChI is InChI=1S/C23H26F3N3O.C7H7NO/c1-3-17(18-11-9-16(2)10-12-18)14-20(27)7-5-13-28-22(30)29-21-8-4-6-19(15-21)23(24,25)26;1-6-2-4-7(8-9)5-3-6/h4,6,8-12,14-15,27H,3,5,7,13H2,1-2H3,(H2,28,29,30);2-5H,1H3/b17-14+,27-20?;. The van der Waals surface area contributed by atoms with Crippen LogP contribution in [0.4, 0.5) is 29.3 Å². The van der Waals surface area contributed by atoms with Crippen molar-refractivity contribution in [1.29, 1.82) is 5.41 Å². The quantitative estimate of drug-likeness (QED) is 0.144. The molecule has 9 heteroatoms. The monoisotopic (exact) mass is 538 g/mol. The van der Waals surface area contributed by atoms with Crippen LogP contribution in [0.15, 0.2) is 84.0 Å². The Bertz CT molecular complexity index is 1270. The molecule has 39 heavy (non-hydrogen) atoms. The Morgan fingerprint density at radius 3 is 2.15 bits per heavy atom. The van der Waals surface area contributed by atoms with E-state index in [1.807, 2.05) is 63.2 Å². The number of anilines is 1. The van der Waals surface area contributed by atoms with Crippen molar-refractivity contribution in [2.45, 2.75) is 46.2 Å². The number of allylic oxidation sites excluding steroid dienone is 2. The highest BCUT2D eigenvalue weighted by molar-refractivity contribution is 5.98. The van der Waals surface area contributed by atoms with Gasteiger partial charge in [-0.3, -0.25) is 0 Å². The van der Waals surface area contributed by atoms with Gasteiger partial charge >= 0.3 is 12.2 Å². The van der Waals surface area contributed by atoms with Gasteiger partial charge in [0.15, 0.2) is 0 Å². The minimum atomic E-state index is -4.46. The van der Waals surface area contributed by atoms with Gasteiger partial charge in [0.2, 0.25) is 0 Å². The average molecular weight is 539 g/mol. The first-order valence-corrected chi connectivity index (χ1v) is 12.5. The molecule has 0 saturated carbocycles. The molecule has 0 unspecified atom stereocenters. The number of carbonyl (C=O) groups excluding carboxylic acids is 1. The Labute approximate surface area is 226 Å². The molecule has 3 rings (SSSR count). The molecule has 0 spiro atoms. The van der Waals surface area contributed by atoms with Crippen molar-refractivity contribution in [3.63, 3.8) is 0 Å². The highest BCUT2D eigenvalue weighted by atomic mass is 19.4. The fraction of sp³-hybridized carbons (Fsp3) is 0.267. The van der Waals surface area contributed by atoms with Crippen LogP contribution in [0.25, 0.3) is 5.57 Å². The van der Waals surface area contributed by atoms with Gasteiger partial charge in [-0.2, -0.15) is 13.2 Å². The normalized spacial score (nSPS) is 11.2. The summed E-state index contributed by atoms with van der Waals surface area (Å²) in [6.45, 7) is 6.34. The van der Waals surface area contributed by atoms with E-state index in [9.17, 15) is 22.9 Å². The molecule has 0 radical (unpaired) electrons. The predicted octanol–water partition coefficient (Wildman–Crippen LogP) is 8.82. The lowest BCUT2D eigenvalue weighted by Crippen LogP contribution is -2.29. The number of benzene rings is 3. The summed E-state index contributed by atoms with van der Waals surface area (Å²) in [5, 5.41) is 15.9. The molecular formula is C30H33F3N4O2. The smallest absolute Gasteiger partial charge is 0.338 e. The van der Waals surface area contributed by atoms with Gasteiger partial charge in [0.25, 0.3) is 0 Å². The summed E-state index contributed by atoms with van der Waals surface area (Å²) in [5.74, 6) is 0. The van der Waals surface area contributed by atoms with Gasteiger partial charge in [-0.1, -0.05) is 60.5 Å². The number of alkyl halides is 3. The highest BCUT2D eigenvalue weighted by Crippen LogP contribution is 2.30. The summed E-state index contributed by atoms with van der Waals surface area (Å²) in [5.41, 5.74) is 4.69. The Hall–Kier alpha value is -4.27. The summed E-state index contributed by atoms with van der Waals surface area (Å²) >= 11 is 0. The predicted molar refractivity (Wildman–Crippen MR) is 152 cm³/mol. The molecule has 0 saturated heterocycles. The number of hydrogen-bond acceptors (Lipinski definition) is 4. The van der Waals surface area contributed by atoms with Gasteiger partial charge < -0.3 is 16.0 Å². The molecule has 0 aromatic heterocycles. The van der Waals surface area contributed by atoms with E-state index in [2.05, 4.69) is 15.8 Å². The van der Waals surface area contributed by atoms with Crippen molar-refractivity contribution in [2.24, 2.45) is 5.18 Å². The fourth-order valence-corrected chi connectivity index (χ4v) is 3.47. The number of hydrogen-bond donors (Lipinski definition) is 3. The molecule has 3 aromatic rings. The van der Waals surface area contributed by atoms with Crippen molar-refractivity contribution in [3.8, 4) is 0 Å². The van der Waals surface area contributed by atoms with Crippen LogP contribution in [0.2, 0.25) is 0 Å². The third kappa shape index (κ3) is 11.3. The zero-order valence-electron chi connectivity index (χ0n) is 22.2. The van der Waals surface area contributed by atoms with Crippen LogP contribution in [0.3, 0.4) is 0 Å². The summed E-state index contributed by atoms with van der Waals surface area (Å²) in [7, 11) is 0. The Morgan fingerprint density at radius 1 is 0.974 bits per heavy atom. The Morgan fingerprint density at radius 2 is 1.59 bits per heavy atom. The van der Waals surface area contributed by atoms with E-state index in [4.69, 9.17) is 5.41 Å². The minimum Gasteiger partial charge on any atom is -0.338 e. The molecule has 3 aromatic carbocycles. The molecule has 0 atom stereocenters. The van der Waals surface area contributed by atoms with E-state index in [-0.39, 0.29) is 5.69 Å². The number of nitroso groups, excluding NO2 is 1. The number of halogens is 3. The van der Waals surface area contributed by atoms with Gasteiger partial charge in [0.1, 0.15) is 5.69 Å². The lowest BCUT2D eigenvalue weighted by atomic mass is 10.00. The zero-order chi connectivity index (χ0) is 28.8. The summed E-state index contributed by atoms with van der Waals surface area (Å²) in [6, 6.07) is 19.2. The van der Waals surface area contributed by atoms with Crippen molar-refractivity contribution < 1.29 is 18.0 Å². The summed E-state index contributed by atoms with van der Waals surface area (Å²) < 4.78 is 38.2. The molecule has 2 amide bonds. The van der Waals surface area contributed by atoms with Crippen molar-refractivity contribution in [3.05, 3.63) is 106 Å². The Balaban J connectivity index is 0.000000499. The van der Waals surface area contributed by atoms with Crippen molar-refractivity contribution in [1.82, 2.24) is 5.32 Å². The van der Waals surface area contributed by atoms with Crippen LogP contribution in [0.5, 0.6) is 0 Å². The topological polar surface area (TPSA) is 94.4 Å². The molecule has 0 heterocycles. The van der Waals surface area contributed by atoms with Gasteiger partial charge in [0, 0.05) is 17.9 Å². The Kier molecular flexibility index (Phi) is 12.1. The van der Waals surface area contributed by atoms with E-state index in [1.54, 1.807) is 12.1 Å². The van der Waals surface area contributed by atoms with E-state index in [0.717, 1.165) is 35.3 Å². The maximum absolute atomic E-state index is 12.7. The average Bonchev–Trinajstić information content (AvgIpc) is 2.91. The SMILES string of the molecule is CC/C(=C\C(=N)CCCNC(=O)Nc1cccc(C(F)(F)F)c1)c1ccc(C)cc1.Cc1ccc(N=O)cc1. The second-order valence-corrected chi connectivity index (χ2v) is 8.90. The zero-order valence-corrected chi connectivity index (χ0v) is 22.2. The van der Waals surface area contributed by atoms with E-state index < -0.39 is 17.8 Å². The number of nitrogens with zero attached hydrogens (tertiary/aromatic N) is 1. The minimum absolute atomic E-state index is 0.0729. The molecular weight excluding hydrogens is 505 g/mol. The van der Waals surface area contributed by atoms with E-state index in [1.165, 1.54) is 17.7 Å². The van der Waals surface area contributed by atoms with Crippen LogP contribution >= 0.6 is 0 Å². The fourth-order valence-electron chi connectivity index (χ4n) is 3.47. The molecule has 0 aliphatic rings. The molecule has 0 aliphatic heterocycles. The first-order valence-electron chi connectivity index (χ1n) is 12.5. The van der Waals surface area contributed by atoms with Gasteiger partial charge in [-0.15, -0.1) is 4.91 Å². The maximum atomic E-state index is 12.7. The second kappa shape index (κ2) is 15.2. The third-order valence-electron chi connectivity index (χ3n) is 5.65. The van der Waals surface area contributed by atoms with Crippen molar-refractivity contribution >= 4 is 28.7 Å². The summed E-state index contributed by atoms with van der Waals surface area (Å²) in [4.78, 5) is 21.8. The van der Waals surface area contributed by atoms with Gasteiger partial charge in [-0.05, 0) is 85.8 Å². The number of aryl methyl sites for hydroxylation is 2. The number of urea groups is 1. The molecule has 3 N–H and O–H groups in total. The molecule has 0 bridgehead atoms. The lowest BCUT2D eigenvalue weighted by Gasteiger charge is -2.11. The largest absolute Gasteiger partial charge is 0.416 e. The van der Waals surface area contributed by atoms with Crippen LogP contribution in [-0.4, -0.2) is 18.3 Å². The highest BCUT2D eigenvalue weighted by Gasteiger charge is 2.30. The molecule has 0 aliphatic carbocycles. The second-order valence-electron chi connectivity index (χ2n) is 8.90. The first kappa shape index (κ1) is 31.0. The van der Waals surface area contributed by atoms with Crippen LogP contribution < -0.4 is 10.6 Å². The lowest BCUT2D eigenvalue weighted by molar-refractivity contribution is -0.137. The van der Waals surface area contributed by atoms with Gasteiger partial charge in [-0.25, -0.2) is 4.79 Å². The number of amides is 2. The maximum Gasteiger partial charge on any atom is 0.416 e. The third-order valence-corrected chi connectivity index (χ3v) is 5.65. The first-order chi connectivity index (χ1) is 18.5. The van der Waals surface area contributed by atoms with Crippen LogP contribution in [-0.2, 0) is 6.18 Å². The van der Waals surface area contributed by atoms with Crippen molar-refractivity contribution in [2.75, 3.05) is 11.9 Å². The van der Waals surface area contributed by atoms with Crippen LogP contribution in [0.1, 0.15) is 48.4 Å². The van der Waals surface area contributed by atoms with E-state index in [0.29, 0.717) is 30.8 Å². The molecule has 0 fully saturated rings. The van der Waals surface area contributed by atoms with E-state index >= 15 is 0 Å². The number of carbonyl (C=O) groups is 1. The summed E-state index contributed by atoms with van der Waals surface area (Å²) in [6.07, 6.45) is -0.760.